The van der Waals surface area contributed by atoms with Crippen molar-refractivity contribution in [2.75, 3.05) is 0 Å². The molecule has 1 aliphatic rings. The van der Waals surface area contributed by atoms with Gasteiger partial charge in [-0.15, -0.1) is 0 Å². The second kappa shape index (κ2) is 12.7. The number of hydrogen-bond donors (Lipinski definition) is 2. The maximum Gasteiger partial charge on any atom is 0.454 e. The predicted octanol–water partition coefficient (Wildman–Crippen LogP) is 5.08. The third-order valence-corrected chi connectivity index (χ3v) is 4.82. The zero-order chi connectivity index (χ0) is 14.5. The van der Waals surface area contributed by atoms with E-state index in [0.29, 0.717) is 0 Å². The Balaban J connectivity index is 2.23. The Morgan fingerprint density at radius 1 is 0.450 bits per heavy atom. The van der Waals surface area contributed by atoms with Gasteiger partial charge in [0.1, 0.15) is 0 Å². The summed E-state index contributed by atoms with van der Waals surface area (Å²) in [7, 11) is -1.10. The van der Waals surface area contributed by atoms with Crippen LogP contribution in [0.25, 0.3) is 0 Å². The Bertz CT molecular complexity index is 191. The Hall–Kier alpha value is -0.0151. The van der Waals surface area contributed by atoms with Gasteiger partial charge in [0.15, 0.2) is 0 Å². The van der Waals surface area contributed by atoms with Crippen LogP contribution in [0.3, 0.4) is 0 Å². The second-order valence-electron chi connectivity index (χ2n) is 6.70. The first-order valence-electron chi connectivity index (χ1n) is 9.17. The minimum atomic E-state index is -1.10. The quantitative estimate of drug-likeness (QED) is 0.658. The van der Waals surface area contributed by atoms with Crippen LogP contribution in [0.5, 0.6) is 0 Å². The lowest BCUT2D eigenvalue weighted by molar-refractivity contribution is 0.364. The molecule has 3 heteroatoms. The fourth-order valence-corrected chi connectivity index (χ4v) is 3.38. The van der Waals surface area contributed by atoms with Gasteiger partial charge >= 0.3 is 7.12 Å². The van der Waals surface area contributed by atoms with Gasteiger partial charge in [-0.2, -0.15) is 0 Å². The molecule has 0 aromatic rings. The topological polar surface area (TPSA) is 40.5 Å². The SMILES string of the molecule is OB(O)C1CCCCCCCCCCCCCCCC1. The highest BCUT2D eigenvalue weighted by atomic mass is 16.4. The van der Waals surface area contributed by atoms with E-state index in [1.165, 1.54) is 89.9 Å². The zero-order valence-electron chi connectivity index (χ0n) is 13.4. The molecule has 0 aromatic heterocycles. The summed E-state index contributed by atoms with van der Waals surface area (Å²) in [5.74, 6) is 0.116. The average Bonchev–Trinajstić information content (AvgIpc) is 2.43. The van der Waals surface area contributed by atoms with Crippen LogP contribution in [-0.4, -0.2) is 17.2 Å². The molecule has 0 bridgehead atoms. The Labute approximate surface area is 126 Å². The van der Waals surface area contributed by atoms with Gasteiger partial charge in [-0.3, -0.25) is 0 Å². The molecule has 0 aromatic carbocycles. The average molecular weight is 282 g/mol. The Kier molecular flexibility index (Phi) is 11.5. The Morgan fingerprint density at radius 2 is 0.700 bits per heavy atom. The van der Waals surface area contributed by atoms with Crippen LogP contribution >= 0.6 is 0 Å². The first kappa shape index (κ1) is 18.0. The molecule has 0 amide bonds. The monoisotopic (exact) mass is 282 g/mol. The lowest BCUT2D eigenvalue weighted by atomic mass is 9.67. The van der Waals surface area contributed by atoms with E-state index in [0.717, 1.165) is 12.8 Å². The molecule has 20 heavy (non-hydrogen) atoms. The molecule has 0 atom stereocenters. The molecular formula is C17H35BO2. The van der Waals surface area contributed by atoms with Gasteiger partial charge in [0.25, 0.3) is 0 Å². The molecule has 2 N–H and O–H groups in total. The van der Waals surface area contributed by atoms with E-state index in [1.807, 2.05) is 0 Å². The van der Waals surface area contributed by atoms with Crippen LogP contribution in [-0.2, 0) is 0 Å². The first-order chi connectivity index (χ1) is 9.80. The molecule has 1 fully saturated rings. The molecule has 0 saturated heterocycles. The van der Waals surface area contributed by atoms with Crippen molar-refractivity contribution < 1.29 is 10.0 Å². The van der Waals surface area contributed by atoms with Crippen LogP contribution in [0.1, 0.15) is 103 Å². The van der Waals surface area contributed by atoms with Crippen molar-refractivity contribution in [3.05, 3.63) is 0 Å². The van der Waals surface area contributed by atoms with E-state index in [9.17, 15) is 10.0 Å². The molecule has 1 rings (SSSR count). The van der Waals surface area contributed by atoms with Crippen molar-refractivity contribution >= 4 is 7.12 Å². The van der Waals surface area contributed by atoms with E-state index in [4.69, 9.17) is 0 Å². The van der Waals surface area contributed by atoms with E-state index in [1.54, 1.807) is 0 Å². The number of hydrogen-bond acceptors (Lipinski definition) is 2. The maximum absolute atomic E-state index is 9.46. The largest absolute Gasteiger partial charge is 0.454 e. The lowest BCUT2D eigenvalue weighted by Gasteiger charge is -2.15. The van der Waals surface area contributed by atoms with Crippen molar-refractivity contribution in [1.29, 1.82) is 0 Å². The molecule has 0 spiro atoms. The van der Waals surface area contributed by atoms with Gasteiger partial charge in [-0.05, 0) is 5.82 Å². The highest BCUT2D eigenvalue weighted by Crippen LogP contribution is 2.25. The molecule has 0 unspecified atom stereocenters. The molecular weight excluding hydrogens is 247 g/mol. The smallest absolute Gasteiger partial charge is 0.427 e. The molecule has 1 aliphatic carbocycles. The van der Waals surface area contributed by atoms with Crippen LogP contribution < -0.4 is 0 Å². The minimum absolute atomic E-state index is 0.116. The summed E-state index contributed by atoms with van der Waals surface area (Å²) in [6.07, 6.45) is 20.7. The number of rotatable bonds is 1. The van der Waals surface area contributed by atoms with Gasteiger partial charge < -0.3 is 10.0 Å². The van der Waals surface area contributed by atoms with Gasteiger partial charge in [0.2, 0.25) is 0 Å². The fraction of sp³-hybridized carbons (Fsp3) is 1.00. The molecule has 118 valence electrons. The molecule has 0 aliphatic heterocycles. The highest BCUT2D eigenvalue weighted by Gasteiger charge is 2.21. The normalized spacial score (nSPS) is 23.1. The van der Waals surface area contributed by atoms with Crippen LogP contribution in [0.2, 0.25) is 5.82 Å². The van der Waals surface area contributed by atoms with Crippen molar-refractivity contribution in [3.8, 4) is 0 Å². The molecule has 0 heterocycles. The first-order valence-corrected chi connectivity index (χ1v) is 9.17. The minimum Gasteiger partial charge on any atom is -0.427 e. The summed E-state index contributed by atoms with van der Waals surface area (Å²) in [5, 5.41) is 18.9. The summed E-state index contributed by atoms with van der Waals surface area (Å²) in [5.41, 5.74) is 0. The van der Waals surface area contributed by atoms with E-state index >= 15 is 0 Å². The maximum atomic E-state index is 9.46. The molecule has 1 saturated carbocycles. The lowest BCUT2D eigenvalue weighted by Crippen LogP contribution is -2.20. The summed E-state index contributed by atoms with van der Waals surface area (Å²) >= 11 is 0. The summed E-state index contributed by atoms with van der Waals surface area (Å²) in [6, 6.07) is 0. The highest BCUT2D eigenvalue weighted by molar-refractivity contribution is 6.43. The second-order valence-corrected chi connectivity index (χ2v) is 6.70. The Morgan fingerprint density at radius 3 is 0.950 bits per heavy atom. The summed E-state index contributed by atoms with van der Waals surface area (Å²) in [6.45, 7) is 0. The van der Waals surface area contributed by atoms with Crippen molar-refractivity contribution in [2.24, 2.45) is 0 Å². The van der Waals surface area contributed by atoms with E-state index in [-0.39, 0.29) is 5.82 Å². The standard InChI is InChI=1S/C17H35BO2/c19-18(20)17-15-13-11-9-7-5-3-1-2-4-6-8-10-12-14-16-17/h17,19-20H,1-16H2. The van der Waals surface area contributed by atoms with Gasteiger partial charge in [-0.25, -0.2) is 0 Å². The fourth-order valence-electron chi connectivity index (χ4n) is 3.38. The van der Waals surface area contributed by atoms with Gasteiger partial charge in [-0.1, -0.05) is 103 Å². The van der Waals surface area contributed by atoms with Crippen molar-refractivity contribution in [2.45, 2.75) is 109 Å². The third kappa shape index (κ3) is 9.82. The van der Waals surface area contributed by atoms with Crippen LogP contribution in [0, 0.1) is 0 Å². The zero-order valence-corrected chi connectivity index (χ0v) is 13.4. The van der Waals surface area contributed by atoms with E-state index in [2.05, 4.69) is 0 Å². The third-order valence-electron chi connectivity index (χ3n) is 4.82. The van der Waals surface area contributed by atoms with E-state index < -0.39 is 7.12 Å². The predicted molar refractivity (Wildman–Crippen MR) is 87.8 cm³/mol. The van der Waals surface area contributed by atoms with Crippen molar-refractivity contribution in [1.82, 2.24) is 0 Å². The van der Waals surface area contributed by atoms with Crippen LogP contribution in [0.15, 0.2) is 0 Å². The van der Waals surface area contributed by atoms with Crippen LogP contribution in [0.4, 0.5) is 0 Å². The van der Waals surface area contributed by atoms with Gasteiger partial charge in [0.05, 0.1) is 0 Å². The summed E-state index contributed by atoms with van der Waals surface area (Å²) < 4.78 is 0. The molecule has 2 nitrogen and oxygen atoms in total. The molecule has 0 radical (unpaired) electrons. The van der Waals surface area contributed by atoms with Crippen molar-refractivity contribution in [3.63, 3.8) is 0 Å². The summed E-state index contributed by atoms with van der Waals surface area (Å²) in [4.78, 5) is 0. The van der Waals surface area contributed by atoms with Gasteiger partial charge in [0, 0.05) is 0 Å².